The topological polar surface area (TPSA) is 104 Å². The van der Waals surface area contributed by atoms with Crippen LogP contribution in [-0.2, 0) is 11.2 Å². The first-order chi connectivity index (χ1) is 26.1. The van der Waals surface area contributed by atoms with Crippen LogP contribution in [0.5, 0.6) is 0 Å². The van der Waals surface area contributed by atoms with Gasteiger partial charge in [0, 0.05) is 67.6 Å². The monoisotopic (exact) mass is 757 g/mol. The zero-order valence-corrected chi connectivity index (χ0v) is 30.0. The minimum absolute atomic E-state index is 0.0599. The zero-order chi connectivity index (χ0) is 38.0. The summed E-state index contributed by atoms with van der Waals surface area (Å²) >= 11 is 0.858. The molecule has 2 N–H and O–H groups in total. The molecule has 8 rings (SSSR count). The SMILES string of the molecule is CNc1ccc(C(=O)N2CCc3cc(C(=O)Nc4c(F)cccc4F)sc3-c3c2ccc(F)c3F)cc1.O=Cc1cccnc1N1CC2(CCOCC2)C1. The van der Waals surface area contributed by atoms with E-state index in [-0.39, 0.29) is 34.0 Å². The molecule has 14 heteroatoms. The normalized spacial score (nSPS) is 15.5. The molecule has 0 radical (unpaired) electrons. The van der Waals surface area contributed by atoms with Gasteiger partial charge in [0.25, 0.3) is 11.8 Å². The number of benzene rings is 3. The molecule has 3 aliphatic rings. The highest BCUT2D eigenvalue weighted by atomic mass is 32.1. The molecule has 2 aromatic heterocycles. The first kappa shape index (κ1) is 36.7. The van der Waals surface area contributed by atoms with Crippen molar-refractivity contribution in [3.8, 4) is 10.4 Å². The van der Waals surface area contributed by atoms with Crippen LogP contribution in [0.1, 0.15) is 48.8 Å². The van der Waals surface area contributed by atoms with Crippen LogP contribution in [0, 0.1) is 28.7 Å². The molecule has 0 atom stereocenters. The summed E-state index contributed by atoms with van der Waals surface area (Å²) in [7, 11) is 1.75. The number of nitrogens with one attached hydrogen (secondary N) is 2. The molecule has 9 nitrogen and oxygen atoms in total. The number of aldehydes is 1. The molecule has 3 aliphatic heterocycles. The second-order valence-corrected chi connectivity index (χ2v) is 14.4. The number of halogens is 4. The average molecular weight is 758 g/mol. The second kappa shape index (κ2) is 15.4. The Morgan fingerprint density at radius 2 is 1.65 bits per heavy atom. The van der Waals surface area contributed by atoms with Crippen molar-refractivity contribution in [1.82, 2.24) is 4.98 Å². The minimum Gasteiger partial charge on any atom is -0.388 e. The lowest BCUT2D eigenvalue weighted by Crippen LogP contribution is -2.59. The van der Waals surface area contributed by atoms with Crippen molar-refractivity contribution in [2.45, 2.75) is 19.3 Å². The highest BCUT2D eigenvalue weighted by molar-refractivity contribution is 7.17. The predicted molar refractivity (Wildman–Crippen MR) is 200 cm³/mol. The molecular formula is C40H35F4N5O4S. The molecule has 0 aliphatic carbocycles. The summed E-state index contributed by atoms with van der Waals surface area (Å²) in [5.74, 6) is -4.50. The number of thiophene rings is 1. The molecule has 0 bridgehead atoms. The van der Waals surface area contributed by atoms with Crippen LogP contribution in [0.3, 0.4) is 0 Å². The molecular weight excluding hydrogens is 723 g/mol. The summed E-state index contributed by atoms with van der Waals surface area (Å²) in [4.78, 5) is 45.4. The first-order valence-electron chi connectivity index (χ1n) is 17.3. The number of nitrogens with zero attached hydrogens (tertiary/aromatic N) is 3. The van der Waals surface area contributed by atoms with Crippen LogP contribution in [0.2, 0.25) is 0 Å². The third kappa shape index (κ3) is 7.18. The zero-order valence-electron chi connectivity index (χ0n) is 29.1. The van der Waals surface area contributed by atoms with E-state index in [0.717, 1.165) is 86.5 Å². The first-order valence-corrected chi connectivity index (χ1v) is 18.1. The van der Waals surface area contributed by atoms with Crippen molar-refractivity contribution < 1.29 is 36.7 Å². The van der Waals surface area contributed by atoms with E-state index < -0.39 is 40.8 Å². The number of aromatic nitrogens is 1. The van der Waals surface area contributed by atoms with E-state index in [1.807, 2.05) is 6.07 Å². The number of para-hydroxylation sites is 1. The molecule has 54 heavy (non-hydrogen) atoms. The van der Waals surface area contributed by atoms with Crippen LogP contribution < -0.4 is 20.4 Å². The maximum Gasteiger partial charge on any atom is 0.265 e. The average Bonchev–Trinajstić information content (AvgIpc) is 3.54. The number of fused-ring (bicyclic) bond motifs is 3. The highest BCUT2D eigenvalue weighted by Gasteiger charge is 2.44. The van der Waals surface area contributed by atoms with Crippen molar-refractivity contribution in [2.24, 2.45) is 5.41 Å². The van der Waals surface area contributed by atoms with Gasteiger partial charge in [-0.25, -0.2) is 22.5 Å². The van der Waals surface area contributed by atoms with Crippen molar-refractivity contribution in [1.29, 1.82) is 0 Å². The maximum absolute atomic E-state index is 15.2. The molecule has 5 aromatic rings. The van der Waals surface area contributed by atoms with Crippen LogP contribution in [0.15, 0.2) is 79.0 Å². The van der Waals surface area contributed by atoms with Gasteiger partial charge in [-0.2, -0.15) is 0 Å². The molecule has 2 amide bonds. The Labute approximate surface area is 312 Å². The van der Waals surface area contributed by atoms with Crippen molar-refractivity contribution in [3.05, 3.63) is 124 Å². The van der Waals surface area contributed by atoms with Crippen LogP contribution >= 0.6 is 11.3 Å². The molecule has 2 saturated heterocycles. The molecule has 0 unspecified atom stereocenters. The Hall–Kier alpha value is -5.60. The van der Waals surface area contributed by atoms with Gasteiger partial charge in [-0.1, -0.05) is 6.07 Å². The molecule has 2 fully saturated rings. The number of pyridine rings is 1. The van der Waals surface area contributed by atoms with Gasteiger partial charge in [0.05, 0.1) is 21.7 Å². The van der Waals surface area contributed by atoms with E-state index in [4.69, 9.17) is 4.74 Å². The molecule has 1 spiro atoms. The number of hydrogen-bond acceptors (Lipinski definition) is 8. The Morgan fingerprint density at radius 3 is 2.33 bits per heavy atom. The smallest absolute Gasteiger partial charge is 0.265 e. The number of carbonyl (C=O) groups excluding carboxylic acids is 3. The number of amides is 2. The van der Waals surface area contributed by atoms with E-state index >= 15 is 4.39 Å². The van der Waals surface area contributed by atoms with Crippen molar-refractivity contribution >= 4 is 52.3 Å². The van der Waals surface area contributed by atoms with E-state index in [9.17, 15) is 27.6 Å². The Morgan fingerprint density at radius 1 is 0.926 bits per heavy atom. The quantitative estimate of drug-likeness (QED) is 0.134. The lowest BCUT2D eigenvalue weighted by molar-refractivity contribution is -0.000498. The highest BCUT2D eigenvalue weighted by Crippen LogP contribution is 2.45. The van der Waals surface area contributed by atoms with E-state index in [1.165, 1.54) is 23.1 Å². The lowest BCUT2D eigenvalue weighted by Gasteiger charge is -2.52. The van der Waals surface area contributed by atoms with Crippen molar-refractivity contribution in [2.75, 3.05) is 60.3 Å². The third-order valence-electron chi connectivity index (χ3n) is 9.94. The summed E-state index contributed by atoms with van der Waals surface area (Å²) in [6.07, 6.45) is 5.14. The Bertz CT molecular complexity index is 2200. The van der Waals surface area contributed by atoms with Gasteiger partial charge < -0.3 is 25.2 Å². The molecule has 3 aromatic carbocycles. The van der Waals surface area contributed by atoms with Crippen LogP contribution in [0.25, 0.3) is 10.4 Å². The van der Waals surface area contributed by atoms with E-state index in [1.54, 1.807) is 43.6 Å². The number of ether oxygens (including phenoxy) is 1. The van der Waals surface area contributed by atoms with Gasteiger partial charge in [0.15, 0.2) is 17.9 Å². The summed E-state index contributed by atoms with van der Waals surface area (Å²) in [5.41, 5.74) is 2.20. The van der Waals surface area contributed by atoms with Crippen LogP contribution in [0.4, 0.5) is 40.4 Å². The molecule has 0 saturated carbocycles. The van der Waals surface area contributed by atoms with Crippen molar-refractivity contribution in [3.63, 3.8) is 0 Å². The summed E-state index contributed by atoms with van der Waals surface area (Å²) in [5, 5.41) is 5.18. The second-order valence-electron chi connectivity index (χ2n) is 13.3. The van der Waals surface area contributed by atoms with Gasteiger partial charge in [-0.3, -0.25) is 14.4 Å². The van der Waals surface area contributed by atoms with E-state index in [2.05, 4.69) is 20.5 Å². The number of carbonyl (C=O) groups is 3. The Kier molecular flexibility index (Phi) is 10.5. The van der Waals surface area contributed by atoms with Crippen LogP contribution in [-0.4, -0.2) is 63.0 Å². The summed E-state index contributed by atoms with van der Waals surface area (Å²) in [6, 6.07) is 17.3. The van der Waals surface area contributed by atoms with Gasteiger partial charge in [-0.15, -0.1) is 11.3 Å². The standard InChI is InChI=1S/C27H19F4N3O2S.C13H16N2O2/c1-32-16-7-5-14(6-8-16)27(36)34-12-11-15-13-21(26(35)33-24-18(29)3-2-4-19(24)30)37-25(15)22-20(34)10-9-17(28)23(22)31;16-8-11-2-1-5-14-12(11)15-9-13(10-15)3-6-17-7-4-13/h2-10,13,32H,11-12H2,1H3,(H,33,35);1-2,5,8H,3-4,6-7,9-10H2. The third-order valence-corrected chi connectivity index (χ3v) is 11.1. The largest absolute Gasteiger partial charge is 0.388 e. The summed E-state index contributed by atoms with van der Waals surface area (Å²) in [6.45, 7) is 3.90. The van der Waals surface area contributed by atoms with Gasteiger partial charge >= 0.3 is 0 Å². The minimum atomic E-state index is -1.15. The van der Waals surface area contributed by atoms with Gasteiger partial charge in [-0.05, 0) is 91.6 Å². The predicted octanol–water partition coefficient (Wildman–Crippen LogP) is 7.98. The molecule has 278 valence electrons. The van der Waals surface area contributed by atoms with Gasteiger partial charge in [0.2, 0.25) is 0 Å². The molecule has 5 heterocycles. The maximum atomic E-state index is 15.2. The Balaban J connectivity index is 0.000000219. The van der Waals surface area contributed by atoms with E-state index in [0.29, 0.717) is 22.1 Å². The summed E-state index contributed by atoms with van der Waals surface area (Å²) < 4.78 is 63.0. The number of anilines is 4. The number of rotatable bonds is 6. The fraction of sp³-hybridized carbons (Fsp3) is 0.250. The van der Waals surface area contributed by atoms with Gasteiger partial charge in [0.1, 0.15) is 23.1 Å². The lowest BCUT2D eigenvalue weighted by atomic mass is 9.73. The fourth-order valence-electron chi connectivity index (χ4n) is 7.01. The fourth-order valence-corrected chi connectivity index (χ4v) is 8.16. The number of hydrogen-bond donors (Lipinski definition) is 2.